The Morgan fingerprint density at radius 1 is 1.18 bits per heavy atom. The van der Waals surface area contributed by atoms with E-state index in [0.29, 0.717) is 16.6 Å². The van der Waals surface area contributed by atoms with Crippen LogP contribution in [-0.4, -0.2) is 46.2 Å². The predicted octanol–water partition coefficient (Wildman–Crippen LogP) is 1.51. The number of ether oxygens (including phenoxy) is 2. The number of pyridine rings is 1. The normalized spacial score (nSPS) is 11.8. The average Bonchev–Trinajstić information content (AvgIpc) is 2.72. The summed E-state index contributed by atoms with van der Waals surface area (Å²) in [5, 5.41) is 10.7. The second-order valence-electron chi connectivity index (χ2n) is 5.89. The first-order chi connectivity index (χ1) is 13.5. The third-order valence-electron chi connectivity index (χ3n) is 4.36. The average molecular weight is 383 g/mol. The minimum atomic E-state index is -0.929. The van der Waals surface area contributed by atoms with E-state index in [9.17, 15) is 19.5 Å². The summed E-state index contributed by atoms with van der Waals surface area (Å²) in [5.41, 5.74) is 0.458. The minimum absolute atomic E-state index is 0.161. The Labute approximate surface area is 159 Å². The summed E-state index contributed by atoms with van der Waals surface area (Å²) in [6.45, 7) is 0. The van der Waals surface area contributed by atoms with Gasteiger partial charge in [0.2, 0.25) is 0 Å². The molecule has 0 spiro atoms. The Kier molecular flexibility index (Phi) is 5.35. The number of nitrogens with zero attached hydrogens (tertiary/aromatic N) is 2. The van der Waals surface area contributed by atoms with Crippen LogP contribution < -0.4 is 5.56 Å². The van der Waals surface area contributed by atoms with E-state index in [1.165, 1.54) is 19.5 Å². The van der Waals surface area contributed by atoms with Crippen molar-refractivity contribution in [1.29, 1.82) is 0 Å². The van der Waals surface area contributed by atoms with Gasteiger partial charge in [0, 0.05) is 24.5 Å². The molecule has 0 unspecified atom stereocenters. The fraction of sp³-hybridized carbons (Fsp3) is 0.211. The predicted molar refractivity (Wildman–Crippen MR) is 98.1 cm³/mol. The number of fused-ring (bicyclic) bond motifs is 1. The third-order valence-corrected chi connectivity index (χ3v) is 4.36. The number of aromatic nitrogens is 3. The van der Waals surface area contributed by atoms with Gasteiger partial charge in [-0.2, -0.15) is 0 Å². The molecule has 3 aromatic rings. The van der Waals surface area contributed by atoms with Crippen molar-refractivity contribution >= 4 is 23.0 Å². The van der Waals surface area contributed by atoms with Gasteiger partial charge in [-0.15, -0.1) is 0 Å². The molecule has 0 radical (unpaired) electrons. The molecule has 28 heavy (non-hydrogen) atoms. The summed E-state index contributed by atoms with van der Waals surface area (Å²) in [4.78, 5) is 47.5. The van der Waals surface area contributed by atoms with Gasteiger partial charge >= 0.3 is 11.9 Å². The molecule has 1 atom stereocenters. The SMILES string of the molecule is COC(=O)C[C@@H](c1c(O)c(C(=O)OC)c[nH]c1=O)c1cccc2nccnc12. The van der Waals surface area contributed by atoms with Crippen LogP contribution in [0.5, 0.6) is 5.75 Å². The number of nitrogens with one attached hydrogen (secondary N) is 1. The molecule has 2 aromatic heterocycles. The molecule has 0 saturated carbocycles. The summed E-state index contributed by atoms with van der Waals surface area (Å²) in [7, 11) is 2.37. The molecular weight excluding hydrogens is 366 g/mol. The molecule has 2 N–H and O–H groups in total. The third kappa shape index (κ3) is 3.41. The van der Waals surface area contributed by atoms with Crippen molar-refractivity contribution in [2.75, 3.05) is 14.2 Å². The number of benzene rings is 1. The van der Waals surface area contributed by atoms with Gasteiger partial charge in [0.25, 0.3) is 5.56 Å². The minimum Gasteiger partial charge on any atom is -0.506 e. The van der Waals surface area contributed by atoms with Crippen molar-refractivity contribution in [2.24, 2.45) is 0 Å². The maximum absolute atomic E-state index is 12.6. The van der Waals surface area contributed by atoms with E-state index in [4.69, 9.17) is 4.74 Å². The smallest absolute Gasteiger partial charge is 0.343 e. The molecule has 144 valence electrons. The van der Waals surface area contributed by atoms with Gasteiger partial charge in [-0.25, -0.2) is 4.79 Å². The molecule has 0 aliphatic carbocycles. The number of H-pyrrole nitrogens is 1. The zero-order chi connectivity index (χ0) is 20.3. The molecule has 0 aliphatic rings. The Morgan fingerprint density at radius 2 is 1.93 bits per heavy atom. The quantitative estimate of drug-likeness (QED) is 0.634. The Morgan fingerprint density at radius 3 is 2.64 bits per heavy atom. The monoisotopic (exact) mass is 383 g/mol. The molecular formula is C19H17N3O6. The molecule has 0 bridgehead atoms. The van der Waals surface area contributed by atoms with Crippen molar-refractivity contribution in [3.05, 3.63) is 63.8 Å². The van der Waals surface area contributed by atoms with Gasteiger partial charge in [-0.1, -0.05) is 12.1 Å². The second-order valence-corrected chi connectivity index (χ2v) is 5.89. The van der Waals surface area contributed by atoms with E-state index in [0.717, 1.165) is 13.3 Å². The molecule has 9 heteroatoms. The number of rotatable bonds is 5. The van der Waals surface area contributed by atoms with E-state index in [2.05, 4.69) is 19.7 Å². The van der Waals surface area contributed by atoms with Crippen molar-refractivity contribution in [1.82, 2.24) is 15.0 Å². The number of hydrogen-bond acceptors (Lipinski definition) is 8. The zero-order valence-corrected chi connectivity index (χ0v) is 15.1. The Balaban J connectivity index is 2.29. The second kappa shape index (κ2) is 7.87. The van der Waals surface area contributed by atoms with Gasteiger partial charge < -0.3 is 19.6 Å². The lowest BCUT2D eigenvalue weighted by atomic mass is 9.87. The summed E-state index contributed by atoms with van der Waals surface area (Å²) in [5.74, 6) is -2.93. The van der Waals surface area contributed by atoms with Crippen LogP contribution in [0, 0.1) is 0 Å². The van der Waals surface area contributed by atoms with Crippen LogP contribution in [0.15, 0.2) is 41.6 Å². The molecule has 0 fully saturated rings. The van der Waals surface area contributed by atoms with Crippen molar-refractivity contribution in [2.45, 2.75) is 12.3 Å². The standard InChI is InChI=1S/C19H17N3O6/c1-27-14(23)8-11(10-4-3-5-13-16(10)21-7-6-20-13)15-17(24)12(19(26)28-2)9-22-18(15)25/h3-7,9,11H,8H2,1-2H3,(H2,22,24,25)/t11-/m1/s1. The Hall–Kier alpha value is -3.75. The number of para-hydroxylation sites is 1. The van der Waals surface area contributed by atoms with Crippen LogP contribution in [0.3, 0.4) is 0 Å². The van der Waals surface area contributed by atoms with Crippen LogP contribution in [0.25, 0.3) is 11.0 Å². The summed E-state index contributed by atoms with van der Waals surface area (Å²) in [6.07, 6.45) is 3.80. The molecule has 0 amide bonds. The van der Waals surface area contributed by atoms with Gasteiger partial charge in [-0.05, 0) is 11.6 Å². The highest BCUT2D eigenvalue weighted by molar-refractivity contribution is 5.92. The van der Waals surface area contributed by atoms with E-state index >= 15 is 0 Å². The molecule has 9 nitrogen and oxygen atoms in total. The Bertz CT molecular complexity index is 1100. The topological polar surface area (TPSA) is 131 Å². The maximum Gasteiger partial charge on any atom is 0.343 e. The number of carbonyl (C=O) groups excluding carboxylic acids is 2. The number of aromatic amines is 1. The van der Waals surface area contributed by atoms with Crippen LogP contribution in [0.2, 0.25) is 0 Å². The van der Waals surface area contributed by atoms with Crippen molar-refractivity contribution in [3.8, 4) is 5.75 Å². The van der Waals surface area contributed by atoms with E-state index in [1.54, 1.807) is 18.2 Å². The lowest BCUT2D eigenvalue weighted by Gasteiger charge is -2.19. The van der Waals surface area contributed by atoms with Crippen LogP contribution in [0.1, 0.15) is 33.8 Å². The summed E-state index contributed by atoms with van der Waals surface area (Å²) in [6, 6.07) is 5.11. The van der Waals surface area contributed by atoms with Gasteiger partial charge in [-0.3, -0.25) is 19.6 Å². The van der Waals surface area contributed by atoms with Gasteiger partial charge in [0.15, 0.2) is 0 Å². The highest BCUT2D eigenvalue weighted by Crippen LogP contribution is 2.36. The number of aromatic hydroxyl groups is 1. The number of methoxy groups -OCH3 is 2. The first-order valence-electron chi connectivity index (χ1n) is 8.27. The fourth-order valence-corrected chi connectivity index (χ4v) is 3.04. The summed E-state index contributed by atoms with van der Waals surface area (Å²) >= 11 is 0. The molecule has 3 rings (SSSR count). The summed E-state index contributed by atoms with van der Waals surface area (Å²) < 4.78 is 9.39. The fourth-order valence-electron chi connectivity index (χ4n) is 3.04. The van der Waals surface area contributed by atoms with Crippen molar-refractivity contribution in [3.63, 3.8) is 0 Å². The van der Waals surface area contributed by atoms with Crippen molar-refractivity contribution < 1.29 is 24.2 Å². The molecule has 0 aliphatic heterocycles. The van der Waals surface area contributed by atoms with Crippen LogP contribution in [0.4, 0.5) is 0 Å². The van der Waals surface area contributed by atoms with Crippen LogP contribution in [-0.2, 0) is 14.3 Å². The number of hydrogen-bond donors (Lipinski definition) is 2. The van der Waals surface area contributed by atoms with E-state index in [-0.39, 0.29) is 17.5 Å². The van der Waals surface area contributed by atoms with Crippen LogP contribution >= 0.6 is 0 Å². The number of carbonyl (C=O) groups is 2. The van der Waals surface area contributed by atoms with Gasteiger partial charge in [0.1, 0.15) is 11.3 Å². The maximum atomic E-state index is 12.6. The zero-order valence-electron chi connectivity index (χ0n) is 15.1. The molecule has 1 aromatic carbocycles. The highest BCUT2D eigenvalue weighted by atomic mass is 16.5. The highest BCUT2D eigenvalue weighted by Gasteiger charge is 2.29. The van der Waals surface area contributed by atoms with Gasteiger partial charge in [0.05, 0.1) is 37.2 Å². The molecule has 0 saturated heterocycles. The van der Waals surface area contributed by atoms with E-state index in [1.807, 2.05) is 0 Å². The number of esters is 2. The lowest BCUT2D eigenvalue weighted by molar-refractivity contribution is -0.140. The van der Waals surface area contributed by atoms with E-state index < -0.39 is 29.2 Å². The lowest BCUT2D eigenvalue weighted by Crippen LogP contribution is -2.22. The first-order valence-corrected chi connectivity index (χ1v) is 8.27. The first kappa shape index (κ1) is 19.0. The molecule has 2 heterocycles. The largest absolute Gasteiger partial charge is 0.506 e.